The number of anilines is 1. The molecule has 2 aromatic carbocycles. The van der Waals surface area contributed by atoms with Gasteiger partial charge in [-0.25, -0.2) is 0 Å². The first-order chi connectivity index (χ1) is 20.8. The molecule has 1 aliphatic carbocycles. The number of rotatable bonds is 8. The van der Waals surface area contributed by atoms with Crippen molar-refractivity contribution in [3.8, 4) is 0 Å². The Bertz CT molecular complexity index is 1620. The normalized spacial score (nSPS) is 15.3. The van der Waals surface area contributed by atoms with Crippen LogP contribution in [0, 0.1) is 0 Å². The lowest BCUT2D eigenvalue weighted by Crippen LogP contribution is -2.56. The van der Waals surface area contributed by atoms with E-state index >= 15 is 0 Å². The van der Waals surface area contributed by atoms with Crippen molar-refractivity contribution >= 4 is 23.4 Å². The maximum Gasteiger partial charge on any atom is 0.268 e. The second kappa shape index (κ2) is 11.9. The van der Waals surface area contributed by atoms with Gasteiger partial charge in [-0.2, -0.15) is 0 Å². The molecule has 2 aromatic heterocycles. The zero-order chi connectivity index (χ0) is 30.0. The molecule has 9 nitrogen and oxygen atoms in total. The highest BCUT2D eigenvalue weighted by atomic mass is 16.2. The van der Waals surface area contributed by atoms with Crippen LogP contribution in [-0.4, -0.2) is 57.7 Å². The van der Waals surface area contributed by atoms with Gasteiger partial charge in [0, 0.05) is 69.6 Å². The molecule has 220 valence electrons. The van der Waals surface area contributed by atoms with E-state index in [0.717, 1.165) is 44.5 Å². The average Bonchev–Trinajstić information content (AvgIpc) is 3.44. The second-order valence-electron chi connectivity index (χ2n) is 11.5. The summed E-state index contributed by atoms with van der Waals surface area (Å²) in [6.07, 6.45) is 6.46. The van der Waals surface area contributed by atoms with Gasteiger partial charge in [-0.05, 0) is 78.9 Å². The number of benzene rings is 2. The summed E-state index contributed by atoms with van der Waals surface area (Å²) in [7, 11) is 3.53. The molecule has 1 aliphatic heterocycles. The monoisotopic (exact) mass is 576 g/mol. The van der Waals surface area contributed by atoms with Crippen LogP contribution < -0.4 is 10.6 Å². The number of hydrogen-bond acceptors (Lipinski definition) is 5. The summed E-state index contributed by atoms with van der Waals surface area (Å²) in [5, 5.41) is 5.94. The van der Waals surface area contributed by atoms with E-state index in [1.54, 1.807) is 37.3 Å². The number of hydrogen-bond donors (Lipinski definition) is 2. The molecule has 2 N–H and O–H groups in total. The summed E-state index contributed by atoms with van der Waals surface area (Å²) in [5.41, 5.74) is 5.83. The summed E-state index contributed by atoms with van der Waals surface area (Å²) in [6.45, 7) is 2.80. The first-order valence-corrected chi connectivity index (χ1v) is 14.7. The number of amides is 3. The Morgan fingerprint density at radius 2 is 1.60 bits per heavy atom. The summed E-state index contributed by atoms with van der Waals surface area (Å²) in [6, 6.07) is 22.9. The highest BCUT2D eigenvalue weighted by Gasteiger charge is 2.48. The maximum absolute atomic E-state index is 13.3. The number of carbonyl (C=O) groups excluding carboxylic acids is 3. The van der Waals surface area contributed by atoms with Gasteiger partial charge in [0.15, 0.2) is 0 Å². The fraction of sp³-hybridized carbons (Fsp3) is 0.294. The van der Waals surface area contributed by atoms with E-state index in [-0.39, 0.29) is 23.3 Å². The predicted molar refractivity (Wildman–Crippen MR) is 165 cm³/mol. The molecule has 0 atom stereocenters. The van der Waals surface area contributed by atoms with Crippen LogP contribution in [0.2, 0.25) is 0 Å². The van der Waals surface area contributed by atoms with Gasteiger partial charge in [0.05, 0.1) is 11.1 Å². The Kier molecular flexibility index (Phi) is 7.82. The van der Waals surface area contributed by atoms with Crippen LogP contribution in [-0.2, 0) is 25.2 Å². The molecule has 1 spiro atoms. The molecule has 6 rings (SSSR count). The standard InChI is InChI=1S/C34H36N6O3/c1-38(2)33(43)26-10-6-25(7-11-26)23-39-19-20-40-29(14-15-30(40)34(39)16-4-17-34)32(42)36-21-24-8-12-28(13-9-24)37-31(41)27-5-3-18-35-22-27/h3,5-15,18,22H,4,16-17,19-21,23H2,1-2H3,(H,36,42)(H,37,41). The lowest BCUT2D eigenvalue weighted by Gasteiger charge is -2.53. The maximum atomic E-state index is 13.3. The van der Waals surface area contributed by atoms with Gasteiger partial charge in [-0.15, -0.1) is 0 Å². The molecule has 2 aliphatic rings. The highest BCUT2D eigenvalue weighted by molar-refractivity contribution is 6.04. The number of fused-ring (bicyclic) bond motifs is 2. The topological polar surface area (TPSA) is 99.6 Å². The van der Waals surface area contributed by atoms with E-state index in [1.165, 1.54) is 17.5 Å². The van der Waals surface area contributed by atoms with E-state index in [0.29, 0.717) is 29.1 Å². The van der Waals surface area contributed by atoms with E-state index in [4.69, 9.17) is 0 Å². The van der Waals surface area contributed by atoms with Crippen molar-refractivity contribution in [3.63, 3.8) is 0 Å². The minimum atomic E-state index is -0.218. The van der Waals surface area contributed by atoms with Gasteiger partial charge in [-0.1, -0.05) is 24.3 Å². The minimum absolute atomic E-state index is 0.00549. The van der Waals surface area contributed by atoms with Crippen molar-refractivity contribution in [2.45, 2.75) is 44.4 Å². The Labute approximate surface area is 251 Å². The van der Waals surface area contributed by atoms with Crippen LogP contribution in [0.5, 0.6) is 0 Å². The molecule has 9 heteroatoms. The average molecular weight is 577 g/mol. The van der Waals surface area contributed by atoms with Crippen LogP contribution >= 0.6 is 0 Å². The van der Waals surface area contributed by atoms with Crippen LogP contribution in [0.15, 0.2) is 85.2 Å². The quantitative estimate of drug-likeness (QED) is 0.318. The van der Waals surface area contributed by atoms with E-state index in [2.05, 4.69) is 43.3 Å². The minimum Gasteiger partial charge on any atom is -0.347 e. The molecule has 0 saturated heterocycles. The van der Waals surface area contributed by atoms with Crippen LogP contribution in [0.1, 0.15) is 67.3 Å². The molecule has 0 unspecified atom stereocenters. The zero-order valence-electron chi connectivity index (χ0n) is 24.5. The van der Waals surface area contributed by atoms with Crippen molar-refractivity contribution in [2.24, 2.45) is 0 Å². The van der Waals surface area contributed by atoms with Gasteiger partial charge in [0.25, 0.3) is 17.7 Å². The lowest BCUT2D eigenvalue weighted by molar-refractivity contribution is -0.0217. The Balaban J connectivity index is 1.09. The van der Waals surface area contributed by atoms with Crippen LogP contribution in [0.25, 0.3) is 0 Å². The third kappa shape index (κ3) is 5.68. The Morgan fingerprint density at radius 1 is 0.860 bits per heavy atom. The smallest absolute Gasteiger partial charge is 0.268 e. The van der Waals surface area contributed by atoms with Crippen molar-refractivity contribution < 1.29 is 14.4 Å². The first-order valence-electron chi connectivity index (χ1n) is 14.7. The lowest BCUT2D eigenvalue weighted by atomic mass is 9.71. The first kappa shape index (κ1) is 28.4. The molecular formula is C34H36N6O3. The number of aromatic nitrogens is 2. The van der Waals surface area contributed by atoms with Crippen molar-refractivity contribution in [1.29, 1.82) is 0 Å². The third-order valence-corrected chi connectivity index (χ3v) is 8.64. The number of pyridine rings is 1. The van der Waals surface area contributed by atoms with Gasteiger partial charge in [0.1, 0.15) is 5.69 Å². The molecule has 3 amide bonds. The highest BCUT2D eigenvalue weighted by Crippen LogP contribution is 2.49. The molecule has 1 saturated carbocycles. The molecule has 0 radical (unpaired) electrons. The van der Waals surface area contributed by atoms with Gasteiger partial charge in [-0.3, -0.25) is 24.3 Å². The van der Waals surface area contributed by atoms with Gasteiger partial charge >= 0.3 is 0 Å². The van der Waals surface area contributed by atoms with E-state index in [9.17, 15) is 14.4 Å². The molecule has 3 heterocycles. The zero-order valence-corrected chi connectivity index (χ0v) is 24.5. The largest absolute Gasteiger partial charge is 0.347 e. The van der Waals surface area contributed by atoms with Crippen molar-refractivity contribution in [2.75, 3.05) is 26.0 Å². The fourth-order valence-corrected chi connectivity index (χ4v) is 6.13. The molecule has 43 heavy (non-hydrogen) atoms. The summed E-state index contributed by atoms with van der Waals surface area (Å²) in [5.74, 6) is -0.306. The molecule has 0 bridgehead atoms. The SMILES string of the molecule is CN(C)C(=O)c1ccc(CN2CCn3c(C(=O)NCc4ccc(NC(=O)c5cccnc5)cc4)ccc3C23CCC3)cc1. The number of nitrogens with one attached hydrogen (secondary N) is 2. The predicted octanol–water partition coefficient (Wildman–Crippen LogP) is 4.66. The molecule has 1 fully saturated rings. The second-order valence-corrected chi connectivity index (χ2v) is 11.5. The van der Waals surface area contributed by atoms with E-state index < -0.39 is 0 Å². The molecular weight excluding hydrogens is 540 g/mol. The fourth-order valence-electron chi connectivity index (χ4n) is 6.13. The summed E-state index contributed by atoms with van der Waals surface area (Å²) in [4.78, 5) is 46.1. The van der Waals surface area contributed by atoms with E-state index in [1.807, 2.05) is 42.5 Å². The Hall–Kier alpha value is -4.76. The third-order valence-electron chi connectivity index (χ3n) is 8.64. The Morgan fingerprint density at radius 3 is 2.26 bits per heavy atom. The summed E-state index contributed by atoms with van der Waals surface area (Å²) < 4.78 is 2.20. The number of nitrogens with zero attached hydrogens (tertiary/aromatic N) is 4. The van der Waals surface area contributed by atoms with Gasteiger partial charge < -0.3 is 20.1 Å². The van der Waals surface area contributed by atoms with Crippen LogP contribution in [0.3, 0.4) is 0 Å². The summed E-state index contributed by atoms with van der Waals surface area (Å²) >= 11 is 0. The molecule has 4 aromatic rings. The van der Waals surface area contributed by atoms with Crippen molar-refractivity contribution in [3.05, 3.63) is 119 Å². The van der Waals surface area contributed by atoms with Gasteiger partial charge in [0.2, 0.25) is 0 Å². The van der Waals surface area contributed by atoms with Crippen molar-refractivity contribution in [1.82, 2.24) is 24.7 Å². The number of carbonyl (C=O) groups is 3. The van der Waals surface area contributed by atoms with Crippen LogP contribution in [0.4, 0.5) is 5.69 Å².